The van der Waals surface area contributed by atoms with Crippen LogP contribution in [0.2, 0.25) is 0 Å². The zero-order valence-electron chi connectivity index (χ0n) is 48.7. The zero-order valence-corrected chi connectivity index (χ0v) is 51.2. The minimum atomic E-state index is 1.06. The molecule has 91 heavy (non-hydrogen) atoms. The Kier molecular flexibility index (Phi) is 10.3. The van der Waals surface area contributed by atoms with Crippen LogP contribution >= 0.6 is 34.0 Å². The summed E-state index contributed by atoms with van der Waals surface area (Å²) in [4.78, 5) is 2.43. The molecule has 422 valence electrons. The number of benzene rings is 15. The second-order valence-corrected chi connectivity index (χ2v) is 27.7. The molecular formula is C84H48N4S3. The lowest BCUT2D eigenvalue weighted by Crippen LogP contribution is -2.10. The molecule has 0 saturated heterocycles. The number of nitrogens with zero attached hydrogens (tertiary/aromatic N) is 4. The predicted molar refractivity (Wildman–Crippen MR) is 395 cm³/mol. The monoisotopic (exact) mass is 1210 g/mol. The molecule has 4 nitrogen and oxygen atoms in total. The standard InChI is InChI=1S/C84H48N4S3/c1-4-16-52-40-73-64(37-49(52)13-1)67-46-82-70(61-19-7-10-22-79(61)89-82)43-76(67)86(73)58-31-25-55(26-32-58)85(56-27-33-59(34-28-56)87-74-41-53-17-5-2-14-50(53)38-65(74)68-47-83-71(44-77(68)87)62-20-8-11-23-80(62)90-83)57-29-35-60(36-30-57)88-75-42-54-18-6-3-15-51(54)39-66(75)69-48-84-72(45-78(69)88)63-21-9-12-24-81(63)91-84/h1-48H. The number of fused-ring (bicyclic) bond motifs is 21. The molecule has 0 spiro atoms. The van der Waals surface area contributed by atoms with Crippen molar-refractivity contribution in [2.45, 2.75) is 0 Å². The van der Waals surface area contributed by atoms with Crippen LogP contribution in [-0.4, -0.2) is 13.7 Å². The van der Waals surface area contributed by atoms with Crippen molar-refractivity contribution in [3.8, 4) is 17.1 Å². The molecule has 6 aromatic heterocycles. The van der Waals surface area contributed by atoms with Gasteiger partial charge in [-0.05, 0) is 196 Å². The van der Waals surface area contributed by atoms with Crippen LogP contribution in [0.5, 0.6) is 0 Å². The minimum Gasteiger partial charge on any atom is -0.310 e. The second-order valence-electron chi connectivity index (χ2n) is 24.4. The average molecular weight is 1210 g/mol. The number of rotatable bonds is 6. The van der Waals surface area contributed by atoms with Crippen molar-refractivity contribution >= 4 is 209 Å². The quantitative estimate of drug-likeness (QED) is 0.162. The Morgan fingerprint density at radius 1 is 0.187 bits per heavy atom. The SMILES string of the molecule is c1ccc2cc3c(cc2c1)c1cc2sc4ccccc4c2cc1n3-c1ccc(N(c2ccc(-n3c4cc5ccccc5cc4c4cc5sc6ccccc6c5cc43)cc2)c2ccc(-n3c4cc5ccccc5cc4c4cc5sc6ccccc6c5cc43)cc2)cc1. The zero-order chi connectivity index (χ0) is 59.2. The first kappa shape index (κ1) is 49.9. The van der Waals surface area contributed by atoms with Gasteiger partial charge in [0.1, 0.15) is 0 Å². The van der Waals surface area contributed by atoms with Crippen LogP contribution < -0.4 is 4.90 Å². The van der Waals surface area contributed by atoms with Crippen molar-refractivity contribution in [2.24, 2.45) is 0 Å². The summed E-state index contributed by atoms with van der Waals surface area (Å²) in [7, 11) is 0. The molecule has 0 aliphatic carbocycles. The molecule has 21 aromatic rings. The Morgan fingerprint density at radius 2 is 0.429 bits per heavy atom. The third kappa shape index (κ3) is 7.30. The first-order valence-corrected chi connectivity index (χ1v) is 33.5. The van der Waals surface area contributed by atoms with Gasteiger partial charge in [0.05, 0.1) is 33.1 Å². The van der Waals surface area contributed by atoms with Gasteiger partial charge in [-0.1, -0.05) is 127 Å². The number of hydrogen-bond acceptors (Lipinski definition) is 4. The molecular weight excluding hydrogens is 1160 g/mol. The molecule has 0 unspecified atom stereocenters. The summed E-state index contributed by atoms with van der Waals surface area (Å²) < 4.78 is 15.3. The van der Waals surface area contributed by atoms with Gasteiger partial charge in [0.25, 0.3) is 0 Å². The first-order chi connectivity index (χ1) is 45.0. The van der Waals surface area contributed by atoms with Gasteiger partial charge in [-0.3, -0.25) is 0 Å². The molecule has 0 aliphatic heterocycles. The topological polar surface area (TPSA) is 18.0 Å². The first-order valence-electron chi connectivity index (χ1n) is 31.0. The Hall–Kier alpha value is -11.1. The fourth-order valence-electron chi connectivity index (χ4n) is 15.3. The highest BCUT2D eigenvalue weighted by atomic mass is 32.1. The summed E-state index contributed by atoms with van der Waals surface area (Å²) in [6.45, 7) is 0. The van der Waals surface area contributed by atoms with Crippen LogP contribution in [0.4, 0.5) is 17.1 Å². The van der Waals surface area contributed by atoms with Crippen molar-refractivity contribution in [1.82, 2.24) is 13.7 Å². The molecule has 15 aromatic carbocycles. The van der Waals surface area contributed by atoms with E-state index < -0.39 is 0 Å². The highest BCUT2D eigenvalue weighted by molar-refractivity contribution is 7.26. The van der Waals surface area contributed by atoms with Gasteiger partial charge in [0.15, 0.2) is 0 Å². The third-order valence-corrected chi connectivity index (χ3v) is 22.9. The Bertz CT molecular complexity index is 6040. The van der Waals surface area contributed by atoms with Gasteiger partial charge < -0.3 is 18.6 Å². The van der Waals surface area contributed by atoms with Crippen LogP contribution in [0, 0.1) is 0 Å². The van der Waals surface area contributed by atoms with Gasteiger partial charge in [-0.2, -0.15) is 0 Å². The molecule has 0 bridgehead atoms. The predicted octanol–water partition coefficient (Wildman–Crippen LogP) is 25.0. The summed E-state index contributed by atoms with van der Waals surface area (Å²) in [6.07, 6.45) is 0. The lowest BCUT2D eigenvalue weighted by atomic mass is 10.1. The van der Waals surface area contributed by atoms with E-state index in [0.29, 0.717) is 0 Å². The molecule has 21 rings (SSSR count). The summed E-state index contributed by atoms with van der Waals surface area (Å²) >= 11 is 5.64. The Morgan fingerprint density at radius 3 is 0.725 bits per heavy atom. The summed E-state index contributed by atoms with van der Waals surface area (Å²) in [5.74, 6) is 0. The van der Waals surface area contributed by atoms with Gasteiger partial charge in [-0.25, -0.2) is 0 Å². The molecule has 0 atom stereocenters. The summed E-state index contributed by atoms with van der Waals surface area (Å²) in [5.41, 5.74) is 13.7. The second kappa shape index (κ2) is 18.7. The highest BCUT2D eigenvalue weighted by Gasteiger charge is 2.23. The number of thiophene rings is 3. The van der Waals surface area contributed by atoms with Crippen LogP contribution in [0.15, 0.2) is 291 Å². The largest absolute Gasteiger partial charge is 0.310 e. The van der Waals surface area contributed by atoms with E-state index in [9.17, 15) is 0 Å². The van der Waals surface area contributed by atoms with E-state index in [1.165, 1.54) is 158 Å². The third-order valence-electron chi connectivity index (χ3n) is 19.5. The molecule has 0 amide bonds. The molecule has 0 N–H and O–H groups in total. The maximum absolute atomic E-state index is 2.49. The van der Waals surface area contributed by atoms with Crippen molar-refractivity contribution < 1.29 is 0 Å². The van der Waals surface area contributed by atoms with Crippen molar-refractivity contribution in [3.05, 3.63) is 291 Å². The van der Waals surface area contributed by atoms with Crippen molar-refractivity contribution in [3.63, 3.8) is 0 Å². The van der Waals surface area contributed by atoms with Gasteiger partial charge in [0, 0.05) is 127 Å². The average Bonchev–Trinajstić information content (AvgIpc) is 1.59. The minimum absolute atomic E-state index is 1.06. The number of hydrogen-bond donors (Lipinski definition) is 0. The fourth-order valence-corrected chi connectivity index (χ4v) is 18.7. The van der Waals surface area contributed by atoms with Crippen molar-refractivity contribution in [1.29, 1.82) is 0 Å². The van der Waals surface area contributed by atoms with E-state index >= 15 is 0 Å². The Balaban J connectivity index is 0.758. The molecule has 0 saturated carbocycles. The molecule has 7 heteroatoms. The van der Waals surface area contributed by atoms with E-state index in [2.05, 4.69) is 310 Å². The maximum atomic E-state index is 2.49. The highest BCUT2D eigenvalue weighted by Crippen LogP contribution is 2.47. The van der Waals surface area contributed by atoms with E-state index in [1.807, 2.05) is 34.0 Å². The van der Waals surface area contributed by atoms with Crippen LogP contribution in [0.3, 0.4) is 0 Å². The van der Waals surface area contributed by atoms with E-state index in [1.54, 1.807) is 0 Å². The Labute approximate surface area is 532 Å². The van der Waals surface area contributed by atoms with E-state index in [-0.39, 0.29) is 0 Å². The van der Waals surface area contributed by atoms with Crippen LogP contribution in [-0.2, 0) is 0 Å². The summed E-state index contributed by atoms with van der Waals surface area (Å²) in [5, 5.41) is 22.8. The molecule has 0 fully saturated rings. The van der Waals surface area contributed by atoms with Gasteiger partial charge in [0.2, 0.25) is 0 Å². The molecule has 6 heterocycles. The normalized spacial score (nSPS) is 12.4. The smallest absolute Gasteiger partial charge is 0.0548 e. The molecule has 0 aliphatic rings. The lowest BCUT2D eigenvalue weighted by Gasteiger charge is -2.26. The van der Waals surface area contributed by atoms with Gasteiger partial charge in [-0.15, -0.1) is 34.0 Å². The van der Waals surface area contributed by atoms with E-state index in [4.69, 9.17) is 0 Å². The number of aromatic nitrogens is 3. The lowest BCUT2D eigenvalue weighted by molar-refractivity contribution is 1.16. The fraction of sp³-hybridized carbons (Fsp3) is 0. The summed E-state index contributed by atoms with van der Waals surface area (Å²) in [6, 6.07) is 110. The van der Waals surface area contributed by atoms with Crippen LogP contribution in [0.25, 0.3) is 175 Å². The van der Waals surface area contributed by atoms with Crippen LogP contribution in [0.1, 0.15) is 0 Å². The van der Waals surface area contributed by atoms with Crippen molar-refractivity contribution in [2.75, 3.05) is 4.90 Å². The molecule has 0 radical (unpaired) electrons. The van der Waals surface area contributed by atoms with E-state index in [0.717, 1.165) is 34.1 Å². The van der Waals surface area contributed by atoms with Gasteiger partial charge >= 0.3 is 0 Å². The number of anilines is 3. The maximum Gasteiger partial charge on any atom is 0.0548 e.